The summed E-state index contributed by atoms with van der Waals surface area (Å²) in [6, 6.07) is 1.32. The number of primary amides is 1. The number of ether oxygens (including phenoxy) is 1. The molecule has 1 aliphatic heterocycles. The second kappa shape index (κ2) is 5.58. The van der Waals surface area contributed by atoms with Crippen molar-refractivity contribution in [3.8, 4) is 0 Å². The van der Waals surface area contributed by atoms with E-state index in [2.05, 4.69) is 4.72 Å². The summed E-state index contributed by atoms with van der Waals surface area (Å²) in [5, 5.41) is 0. The van der Waals surface area contributed by atoms with Crippen LogP contribution in [-0.4, -0.2) is 33.6 Å². The molecular formula is C11H16N2O4S2. The third-order valence-electron chi connectivity index (χ3n) is 2.93. The van der Waals surface area contributed by atoms with Crippen molar-refractivity contribution in [2.75, 3.05) is 13.2 Å². The molecule has 0 aliphatic carbocycles. The number of nitrogens with two attached hydrogens (primary N) is 1. The molecular weight excluding hydrogens is 288 g/mol. The summed E-state index contributed by atoms with van der Waals surface area (Å²) in [5.74, 6) is -0.617. The highest BCUT2D eigenvalue weighted by molar-refractivity contribution is 7.89. The molecule has 0 radical (unpaired) electrons. The second-order valence-corrected chi connectivity index (χ2v) is 7.37. The van der Waals surface area contributed by atoms with Crippen LogP contribution in [0.3, 0.4) is 0 Å². The van der Waals surface area contributed by atoms with Gasteiger partial charge in [0.2, 0.25) is 10.0 Å². The minimum atomic E-state index is -3.62. The monoisotopic (exact) mass is 304 g/mol. The van der Waals surface area contributed by atoms with E-state index >= 15 is 0 Å². The predicted molar refractivity (Wildman–Crippen MR) is 71.7 cm³/mol. The van der Waals surface area contributed by atoms with Gasteiger partial charge < -0.3 is 10.5 Å². The van der Waals surface area contributed by atoms with Gasteiger partial charge in [0.05, 0.1) is 15.9 Å². The lowest BCUT2D eigenvalue weighted by Gasteiger charge is -2.11. The highest BCUT2D eigenvalue weighted by Gasteiger charge is 2.24. The van der Waals surface area contributed by atoms with Crippen LogP contribution in [0.15, 0.2) is 11.0 Å². The molecule has 0 bridgehead atoms. The minimum Gasteiger partial charge on any atom is -0.377 e. The Morgan fingerprint density at radius 3 is 2.89 bits per heavy atom. The Labute approximate surface area is 116 Å². The van der Waals surface area contributed by atoms with E-state index in [-0.39, 0.29) is 22.4 Å². The first-order valence-electron chi connectivity index (χ1n) is 5.91. The summed E-state index contributed by atoms with van der Waals surface area (Å²) in [6.45, 7) is 2.58. The number of amides is 1. The fraction of sp³-hybridized carbons (Fsp3) is 0.545. The summed E-state index contributed by atoms with van der Waals surface area (Å²) < 4.78 is 32.1. The zero-order valence-electron chi connectivity index (χ0n) is 10.5. The van der Waals surface area contributed by atoms with Gasteiger partial charge in [-0.15, -0.1) is 11.3 Å². The van der Waals surface area contributed by atoms with E-state index in [0.29, 0.717) is 11.5 Å². The zero-order valence-corrected chi connectivity index (χ0v) is 12.1. The van der Waals surface area contributed by atoms with Crippen molar-refractivity contribution in [2.24, 2.45) is 5.73 Å². The number of rotatable bonds is 5. The highest BCUT2D eigenvalue weighted by atomic mass is 32.2. The van der Waals surface area contributed by atoms with Crippen molar-refractivity contribution in [1.82, 2.24) is 4.72 Å². The Bertz CT molecular complexity index is 574. The molecule has 6 nitrogen and oxygen atoms in total. The van der Waals surface area contributed by atoms with E-state index in [1.165, 1.54) is 6.07 Å². The number of nitrogens with one attached hydrogen (secondary N) is 1. The molecule has 0 saturated carbocycles. The van der Waals surface area contributed by atoms with Gasteiger partial charge in [0, 0.05) is 18.0 Å². The first kappa shape index (κ1) is 14.4. The molecule has 1 amide bonds. The summed E-state index contributed by atoms with van der Waals surface area (Å²) in [7, 11) is -3.62. The summed E-state index contributed by atoms with van der Waals surface area (Å²) in [6.07, 6.45) is 1.75. The van der Waals surface area contributed by atoms with E-state index in [1.807, 2.05) is 0 Å². The van der Waals surface area contributed by atoms with Crippen molar-refractivity contribution in [3.63, 3.8) is 0 Å². The van der Waals surface area contributed by atoms with E-state index in [9.17, 15) is 13.2 Å². The predicted octanol–water partition coefficient (Wildman–Crippen LogP) is 0.613. The number of sulfonamides is 1. The fourth-order valence-corrected chi connectivity index (χ4v) is 4.45. The number of carbonyl (C=O) groups is 1. The second-order valence-electron chi connectivity index (χ2n) is 4.38. The number of hydrogen-bond acceptors (Lipinski definition) is 5. The SMILES string of the molecule is Cc1sc(C(N)=O)cc1S(=O)(=O)NCC1CCCO1. The van der Waals surface area contributed by atoms with Crippen molar-refractivity contribution in [3.05, 3.63) is 15.8 Å². The Balaban J connectivity index is 2.12. The normalized spacial score (nSPS) is 19.7. The maximum absolute atomic E-state index is 12.1. The molecule has 106 valence electrons. The van der Waals surface area contributed by atoms with E-state index in [4.69, 9.17) is 10.5 Å². The van der Waals surface area contributed by atoms with Crippen LogP contribution in [-0.2, 0) is 14.8 Å². The average Bonchev–Trinajstić information content (AvgIpc) is 2.95. The van der Waals surface area contributed by atoms with Crippen molar-refractivity contribution < 1.29 is 17.9 Å². The van der Waals surface area contributed by atoms with Gasteiger partial charge in [-0.2, -0.15) is 0 Å². The lowest BCUT2D eigenvalue weighted by atomic mass is 10.2. The quantitative estimate of drug-likeness (QED) is 0.832. The van der Waals surface area contributed by atoms with Gasteiger partial charge in [-0.3, -0.25) is 4.79 Å². The van der Waals surface area contributed by atoms with Crippen LogP contribution in [0.25, 0.3) is 0 Å². The molecule has 1 fully saturated rings. The molecule has 1 aliphatic rings. The third-order valence-corrected chi connectivity index (χ3v) is 5.67. The third kappa shape index (κ3) is 3.33. The number of thiophene rings is 1. The van der Waals surface area contributed by atoms with Crippen LogP contribution in [0.2, 0.25) is 0 Å². The molecule has 0 spiro atoms. The van der Waals surface area contributed by atoms with Gasteiger partial charge >= 0.3 is 0 Å². The molecule has 1 aromatic heterocycles. The topological polar surface area (TPSA) is 98.5 Å². The van der Waals surface area contributed by atoms with E-state index in [1.54, 1.807) is 6.92 Å². The van der Waals surface area contributed by atoms with Gasteiger partial charge in [-0.25, -0.2) is 13.1 Å². The van der Waals surface area contributed by atoms with Crippen LogP contribution in [0.1, 0.15) is 27.4 Å². The lowest BCUT2D eigenvalue weighted by Crippen LogP contribution is -2.31. The first-order valence-corrected chi connectivity index (χ1v) is 8.21. The first-order chi connectivity index (χ1) is 8.90. The Hall–Kier alpha value is -0.960. The maximum atomic E-state index is 12.1. The Morgan fingerprint density at radius 2 is 2.37 bits per heavy atom. The van der Waals surface area contributed by atoms with Crippen molar-refractivity contribution in [2.45, 2.75) is 30.8 Å². The average molecular weight is 304 g/mol. The number of carbonyl (C=O) groups excluding carboxylic acids is 1. The maximum Gasteiger partial charge on any atom is 0.258 e. The van der Waals surface area contributed by atoms with Gasteiger partial charge in [0.1, 0.15) is 0 Å². The minimum absolute atomic E-state index is 0.0654. The standard InChI is InChI=1S/C11H16N2O4S2/c1-7-10(5-9(18-7)11(12)14)19(15,16)13-6-8-3-2-4-17-8/h5,8,13H,2-4,6H2,1H3,(H2,12,14). The van der Waals surface area contributed by atoms with Crippen LogP contribution in [0.5, 0.6) is 0 Å². The fourth-order valence-electron chi connectivity index (χ4n) is 1.94. The molecule has 1 unspecified atom stereocenters. The Morgan fingerprint density at radius 1 is 1.63 bits per heavy atom. The van der Waals surface area contributed by atoms with Crippen LogP contribution in [0, 0.1) is 6.92 Å². The smallest absolute Gasteiger partial charge is 0.258 e. The van der Waals surface area contributed by atoms with Crippen molar-refractivity contribution in [1.29, 1.82) is 0 Å². The number of hydrogen-bond donors (Lipinski definition) is 2. The molecule has 8 heteroatoms. The van der Waals surface area contributed by atoms with Crippen LogP contribution < -0.4 is 10.5 Å². The number of aryl methyl sites for hydroxylation is 1. The molecule has 0 aromatic carbocycles. The molecule has 1 saturated heterocycles. The highest BCUT2D eigenvalue weighted by Crippen LogP contribution is 2.25. The Kier molecular flexibility index (Phi) is 4.24. The lowest BCUT2D eigenvalue weighted by molar-refractivity contribution is 0.100. The van der Waals surface area contributed by atoms with Crippen LogP contribution in [0.4, 0.5) is 0 Å². The molecule has 19 heavy (non-hydrogen) atoms. The molecule has 3 N–H and O–H groups in total. The summed E-state index contributed by atoms with van der Waals surface area (Å²) in [5.41, 5.74) is 5.15. The summed E-state index contributed by atoms with van der Waals surface area (Å²) >= 11 is 1.08. The zero-order chi connectivity index (χ0) is 14.0. The molecule has 2 rings (SSSR count). The molecule has 1 atom stereocenters. The van der Waals surface area contributed by atoms with Gasteiger partial charge in [-0.05, 0) is 25.8 Å². The largest absolute Gasteiger partial charge is 0.377 e. The van der Waals surface area contributed by atoms with Gasteiger partial charge in [0.15, 0.2) is 0 Å². The van der Waals surface area contributed by atoms with Gasteiger partial charge in [-0.1, -0.05) is 0 Å². The van der Waals surface area contributed by atoms with Crippen molar-refractivity contribution >= 4 is 27.3 Å². The molecule has 1 aromatic rings. The molecule has 2 heterocycles. The van der Waals surface area contributed by atoms with Crippen LogP contribution >= 0.6 is 11.3 Å². The van der Waals surface area contributed by atoms with E-state index in [0.717, 1.165) is 24.2 Å². The summed E-state index contributed by atoms with van der Waals surface area (Å²) in [4.78, 5) is 12.0. The van der Waals surface area contributed by atoms with E-state index < -0.39 is 15.9 Å². The van der Waals surface area contributed by atoms with Gasteiger partial charge in [0.25, 0.3) is 5.91 Å².